The Morgan fingerprint density at radius 2 is 1.29 bits per heavy atom. The van der Waals surface area contributed by atoms with Gasteiger partial charge in [-0.1, -0.05) is 133 Å². The van der Waals surface area contributed by atoms with Gasteiger partial charge >= 0.3 is 0 Å². The third-order valence-corrected chi connectivity index (χ3v) is 10.3. The summed E-state index contributed by atoms with van der Waals surface area (Å²) < 4.78 is 6.75. The van der Waals surface area contributed by atoms with E-state index in [0.29, 0.717) is 23.4 Å². The molecule has 8 aromatic rings. The normalized spacial score (nSPS) is 15.6. The van der Waals surface area contributed by atoms with Gasteiger partial charge < -0.3 is 4.42 Å². The second kappa shape index (κ2) is 12.2. The predicted octanol–water partition coefficient (Wildman–Crippen LogP) is 11.9. The highest BCUT2D eigenvalue weighted by Gasteiger charge is 2.23. The number of fused-ring (bicyclic) bond motifs is 6. The van der Waals surface area contributed by atoms with Gasteiger partial charge in [-0.15, -0.1) is 0 Å². The molecule has 2 heterocycles. The minimum Gasteiger partial charge on any atom is -0.455 e. The van der Waals surface area contributed by atoms with E-state index in [1.165, 1.54) is 33.2 Å². The summed E-state index contributed by atoms with van der Waals surface area (Å²) in [6.07, 6.45) is 12.6. The number of aromatic nitrogens is 3. The predicted molar refractivity (Wildman–Crippen MR) is 209 cm³/mol. The summed E-state index contributed by atoms with van der Waals surface area (Å²) in [5, 5.41) is 4.50. The van der Waals surface area contributed by atoms with Crippen molar-refractivity contribution in [3.05, 3.63) is 174 Å². The van der Waals surface area contributed by atoms with Crippen LogP contribution < -0.4 is 0 Å². The topological polar surface area (TPSA) is 51.8 Å². The Morgan fingerprint density at radius 3 is 2.08 bits per heavy atom. The fourth-order valence-corrected chi connectivity index (χ4v) is 7.78. The fraction of sp³-hybridized carbons (Fsp3) is 0.0851. The van der Waals surface area contributed by atoms with Crippen molar-refractivity contribution in [2.45, 2.75) is 19.3 Å². The summed E-state index contributed by atoms with van der Waals surface area (Å²) in [6, 6.07) is 46.3. The van der Waals surface area contributed by atoms with E-state index >= 15 is 0 Å². The monoisotopic (exact) mass is 655 g/mol. The van der Waals surface area contributed by atoms with Crippen molar-refractivity contribution in [3.8, 4) is 34.2 Å². The van der Waals surface area contributed by atoms with Crippen molar-refractivity contribution in [2.24, 2.45) is 5.92 Å². The molecule has 6 aromatic carbocycles. The van der Waals surface area contributed by atoms with E-state index in [-0.39, 0.29) is 0 Å². The van der Waals surface area contributed by atoms with Gasteiger partial charge in [0.2, 0.25) is 0 Å². The van der Waals surface area contributed by atoms with Crippen molar-refractivity contribution in [3.63, 3.8) is 0 Å². The maximum absolute atomic E-state index is 6.75. The minimum absolute atomic E-state index is 0.361. The van der Waals surface area contributed by atoms with Gasteiger partial charge in [0.1, 0.15) is 11.2 Å². The summed E-state index contributed by atoms with van der Waals surface area (Å²) in [5.74, 6) is 2.29. The molecular weight excluding hydrogens is 623 g/mol. The van der Waals surface area contributed by atoms with E-state index < -0.39 is 0 Å². The Morgan fingerprint density at radius 1 is 0.608 bits per heavy atom. The molecule has 51 heavy (non-hydrogen) atoms. The summed E-state index contributed by atoms with van der Waals surface area (Å²) in [4.78, 5) is 15.0. The molecule has 0 N–H and O–H groups in total. The van der Waals surface area contributed by atoms with Gasteiger partial charge in [0, 0.05) is 38.8 Å². The van der Waals surface area contributed by atoms with E-state index in [9.17, 15) is 0 Å². The van der Waals surface area contributed by atoms with E-state index in [4.69, 9.17) is 19.4 Å². The van der Waals surface area contributed by atoms with Crippen LogP contribution in [0.1, 0.15) is 29.5 Å². The largest absolute Gasteiger partial charge is 0.455 e. The lowest BCUT2D eigenvalue weighted by atomic mass is 9.80. The summed E-state index contributed by atoms with van der Waals surface area (Å²) in [5.41, 5.74) is 11.3. The lowest BCUT2D eigenvalue weighted by Crippen LogP contribution is -2.10. The summed E-state index contributed by atoms with van der Waals surface area (Å²) in [7, 11) is 0. The highest BCUT2D eigenvalue weighted by atomic mass is 16.3. The summed E-state index contributed by atoms with van der Waals surface area (Å²) in [6.45, 7) is 0. The summed E-state index contributed by atoms with van der Waals surface area (Å²) >= 11 is 0. The second-order valence-corrected chi connectivity index (χ2v) is 13.5. The van der Waals surface area contributed by atoms with E-state index in [0.717, 1.165) is 63.3 Å². The van der Waals surface area contributed by atoms with Gasteiger partial charge in [-0.25, -0.2) is 15.0 Å². The van der Waals surface area contributed by atoms with Crippen LogP contribution in [0.3, 0.4) is 0 Å². The van der Waals surface area contributed by atoms with Crippen LogP contribution >= 0.6 is 0 Å². The zero-order chi connectivity index (χ0) is 33.7. The molecule has 4 nitrogen and oxygen atoms in total. The van der Waals surface area contributed by atoms with E-state index in [1.54, 1.807) is 0 Å². The first-order valence-electron chi connectivity index (χ1n) is 17.7. The quantitative estimate of drug-likeness (QED) is 0.185. The highest BCUT2D eigenvalue weighted by molar-refractivity contribution is 6.19. The van der Waals surface area contributed by atoms with Crippen LogP contribution in [0.2, 0.25) is 0 Å². The molecule has 2 aromatic heterocycles. The maximum Gasteiger partial charge on any atom is 0.164 e. The number of allylic oxidation sites excluding steroid dienone is 5. The smallest absolute Gasteiger partial charge is 0.164 e. The molecule has 0 fully saturated rings. The third kappa shape index (κ3) is 5.28. The van der Waals surface area contributed by atoms with Gasteiger partial charge in [-0.3, -0.25) is 0 Å². The number of hydrogen-bond acceptors (Lipinski definition) is 4. The average Bonchev–Trinajstić information content (AvgIpc) is 3.60. The first-order chi connectivity index (χ1) is 25.2. The second-order valence-electron chi connectivity index (χ2n) is 13.5. The van der Waals surface area contributed by atoms with Crippen LogP contribution in [0.15, 0.2) is 162 Å². The van der Waals surface area contributed by atoms with E-state index in [1.807, 2.05) is 60.7 Å². The van der Waals surface area contributed by atoms with Crippen LogP contribution in [0.5, 0.6) is 0 Å². The van der Waals surface area contributed by atoms with Crippen LogP contribution in [0, 0.1) is 5.92 Å². The molecule has 2 aliphatic carbocycles. The Bertz CT molecular complexity index is 2660. The van der Waals surface area contributed by atoms with Gasteiger partial charge in [-0.2, -0.15) is 0 Å². The van der Waals surface area contributed by atoms with Gasteiger partial charge in [-0.05, 0) is 76.8 Å². The van der Waals surface area contributed by atoms with E-state index in [2.05, 4.69) is 97.1 Å². The Labute approximate surface area is 296 Å². The molecule has 10 rings (SSSR count). The Kier molecular flexibility index (Phi) is 7.05. The molecular formula is C47H33N3O. The molecule has 4 heteroatoms. The molecule has 0 saturated carbocycles. The average molecular weight is 656 g/mol. The fourth-order valence-electron chi connectivity index (χ4n) is 7.78. The zero-order valence-corrected chi connectivity index (χ0v) is 28.0. The van der Waals surface area contributed by atoms with Crippen molar-refractivity contribution < 1.29 is 4.42 Å². The third-order valence-electron chi connectivity index (χ3n) is 10.3. The highest BCUT2D eigenvalue weighted by Crippen LogP contribution is 2.43. The zero-order valence-electron chi connectivity index (χ0n) is 28.0. The van der Waals surface area contributed by atoms with Crippen molar-refractivity contribution in [1.29, 1.82) is 0 Å². The number of benzene rings is 6. The number of nitrogens with zero attached hydrogens (tertiary/aromatic N) is 3. The Hall–Kier alpha value is -6.39. The van der Waals surface area contributed by atoms with Gasteiger partial charge in [0.25, 0.3) is 0 Å². The van der Waals surface area contributed by atoms with Gasteiger partial charge in [0.15, 0.2) is 17.5 Å². The molecule has 0 spiro atoms. The Balaban J connectivity index is 1.15. The van der Waals surface area contributed by atoms with Gasteiger partial charge in [0.05, 0.1) is 0 Å². The SMILES string of the molecule is C1=CC(C2=CCCC(c3cc4ccccc4c4oc5ccc(-c6nc(-c7ccccc7)nc(-c7ccccc7)n6)cc5c34)=C2)Cc2ccccc21. The first-order valence-corrected chi connectivity index (χ1v) is 17.7. The standard InChI is InChI=1S/C47H33N3O/c1-3-13-31(14-4-1)45-48-46(32-15-5-2-6-16-32)50-47(49-45)38-24-25-42-41(29-38)43-40(28-37-18-9-10-21-39(37)44(43)51-42)36-20-11-19-34(27-36)35-23-22-30-12-7-8-17-33(30)26-35/h1-10,12-19,21-25,27-29,35H,11,20,26H2. The molecule has 0 saturated heterocycles. The number of furan rings is 1. The molecule has 0 amide bonds. The van der Waals surface area contributed by atoms with Crippen molar-refractivity contribution in [1.82, 2.24) is 15.0 Å². The molecule has 1 atom stereocenters. The van der Waals surface area contributed by atoms with Crippen molar-refractivity contribution >= 4 is 44.4 Å². The minimum atomic E-state index is 0.361. The molecule has 2 aliphatic rings. The van der Waals surface area contributed by atoms with Crippen LogP contribution in [0.25, 0.3) is 78.5 Å². The lowest BCUT2D eigenvalue weighted by molar-refractivity contribution is 0.672. The number of hydrogen-bond donors (Lipinski definition) is 0. The molecule has 1 unspecified atom stereocenters. The first kappa shape index (κ1) is 29.5. The van der Waals surface area contributed by atoms with Crippen LogP contribution in [-0.4, -0.2) is 15.0 Å². The molecule has 0 radical (unpaired) electrons. The molecule has 0 bridgehead atoms. The van der Waals surface area contributed by atoms with Crippen molar-refractivity contribution in [2.75, 3.05) is 0 Å². The maximum atomic E-state index is 6.75. The number of rotatable bonds is 5. The molecule has 242 valence electrons. The lowest BCUT2D eigenvalue weighted by Gasteiger charge is -2.24. The van der Waals surface area contributed by atoms with Crippen LogP contribution in [-0.2, 0) is 6.42 Å². The molecule has 0 aliphatic heterocycles. The van der Waals surface area contributed by atoms with Crippen LogP contribution in [0.4, 0.5) is 0 Å².